The van der Waals surface area contributed by atoms with Crippen LogP contribution >= 0.6 is 0 Å². The molecule has 0 bridgehead atoms. The standard InChI is InChI=1S/C20H28N2O2/c1-4-16-10-5-6-13-22(16)19(24)20(11-12-20)18(23)21-17-14(2)8-7-9-15(17)3/h7-9,16H,4-6,10-13H2,1-3H3,(H,21,23). The maximum atomic E-state index is 13.1. The molecule has 0 aromatic heterocycles. The summed E-state index contributed by atoms with van der Waals surface area (Å²) < 4.78 is 0. The largest absolute Gasteiger partial charge is 0.339 e. The van der Waals surface area contributed by atoms with Crippen molar-refractivity contribution in [1.29, 1.82) is 0 Å². The van der Waals surface area contributed by atoms with Crippen LogP contribution in [0.5, 0.6) is 0 Å². The Morgan fingerprint density at radius 1 is 1.21 bits per heavy atom. The molecule has 1 atom stereocenters. The Labute approximate surface area is 144 Å². The summed E-state index contributed by atoms with van der Waals surface area (Å²) in [7, 11) is 0. The average Bonchev–Trinajstić information content (AvgIpc) is 3.39. The fourth-order valence-corrected chi connectivity index (χ4v) is 3.88. The summed E-state index contributed by atoms with van der Waals surface area (Å²) in [6.45, 7) is 6.91. The van der Waals surface area contributed by atoms with E-state index >= 15 is 0 Å². The fourth-order valence-electron chi connectivity index (χ4n) is 3.88. The first kappa shape index (κ1) is 17.0. The van der Waals surface area contributed by atoms with E-state index in [4.69, 9.17) is 0 Å². The topological polar surface area (TPSA) is 49.4 Å². The van der Waals surface area contributed by atoms with E-state index in [1.807, 2.05) is 36.9 Å². The maximum absolute atomic E-state index is 13.1. The minimum atomic E-state index is -0.820. The van der Waals surface area contributed by atoms with Crippen LogP contribution in [0.3, 0.4) is 0 Å². The molecule has 4 nitrogen and oxygen atoms in total. The third-order valence-electron chi connectivity index (χ3n) is 5.67. The number of nitrogens with zero attached hydrogens (tertiary/aromatic N) is 1. The van der Waals surface area contributed by atoms with E-state index in [9.17, 15) is 9.59 Å². The van der Waals surface area contributed by atoms with Crippen molar-refractivity contribution in [3.05, 3.63) is 29.3 Å². The third kappa shape index (κ3) is 2.94. The Hall–Kier alpha value is -1.84. The van der Waals surface area contributed by atoms with E-state index in [1.165, 1.54) is 6.42 Å². The Morgan fingerprint density at radius 2 is 1.88 bits per heavy atom. The van der Waals surface area contributed by atoms with Crippen LogP contribution in [-0.2, 0) is 9.59 Å². The molecule has 1 saturated heterocycles. The third-order valence-corrected chi connectivity index (χ3v) is 5.67. The van der Waals surface area contributed by atoms with Crippen LogP contribution in [0, 0.1) is 19.3 Å². The van der Waals surface area contributed by atoms with Crippen molar-refractivity contribution in [2.24, 2.45) is 5.41 Å². The van der Waals surface area contributed by atoms with Crippen LogP contribution in [0.4, 0.5) is 5.69 Å². The second-order valence-electron chi connectivity index (χ2n) is 7.36. The molecule has 2 amide bonds. The molecule has 1 aromatic carbocycles. The lowest BCUT2D eigenvalue weighted by Crippen LogP contribution is -2.49. The number of hydrogen-bond donors (Lipinski definition) is 1. The number of para-hydroxylation sites is 1. The molecule has 1 heterocycles. The zero-order valence-electron chi connectivity index (χ0n) is 15.0. The highest BCUT2D eigenvalue weighted by molar-refractivity contribution is 6.13. The molecule has 1 unspecified atom stereocenters. The first-order chi connectivity index (χ1) is 11.5. The van der Waals surface area contributed by atoms with Gasteiger partial charge in [-0.2, -0.15) is 0 Å². The Kier molecular flexibility index (Phi) is 4.66. The van der Waals surface area contributed by atoms with Gasteiger partial charge in [-0.05, 0) is 63.5 Å². The van der Waals surface area contributed by atoms with Gasteiger partial charge in [0.05, 0.1) is 0 Å². The number of likely N-dealkylation sites (tertiary alicyclic amines) is 1. The molecule has 1 aromatic rings. The van der Waals surface area contributed by atoms with E-state index in [1.54, 1.807) is 0 Å². The number of hydrogen-bond acceptors (Lipinski definition) is 2. The van der Waals surface area contributed by atoms with Gasteiger partial charge in [0.2, 0.25) is 11.8 Å². The summed E-state index contributed by atoms with van der Waals surface area (Å²) in [5, 5.41) is 3.05. The molecule has 1 saturated carbocycles. The number of rotatable bonds is 4. The molecule has 3 rings (SSSR count). The summed E-state index contributed by atoms with van der Waals surface area (Å²) in [6, 6.07) is 6.26. The van der Waals surface area contributed by atoms with Gasteiger partial charge in [0.25, 0.3) is 0 Å². The van der Waals surface area contributed by atoms with Gasteiger partial charge < -0.3 is 10.2 Å². The number of benzene rings is 1. The number of carbonyl (C=O) groups excluding carboxylic acids is 2. The lowest BCUT2D eigenvalue weighted by molar-refractivity contribution is -0.145. The molecule has 1 aliphatic heterocycles. The van der Waals surface area contributed by atoms with Crippen molar-refractivity contribution in [3.63, 3.8) is 0 Å². The molecule has 0 radical (unpaired) electrons. The maximum Gasteiger partial charge on any atom is 0.240 e. The van der Waals surface area contributed by atoms with Crippen LogP contribution in [0.25, 0.3) is 0 Å². The van der Waals surface area contributed by atoms with Crippen LogP contribution in [-0.4, -0.2) is 29.3 Å². The number of nitrogens with one attached hydrogen (secondary N) is 1. The summed E-state index contributed by atoms with van der Waals surface area (Å²) in [5.41, 5.74) is 2.11. The number of amides is 2. The molecule has 1 aliphatic carbocycles. The summed E-state index contributed by atoms with van der Waals surface area (Å²) in [4.78, 5) is 28.0. The average molecular weight is 328 g/mol. The Morgan fingerprint density at radius 3 is 2.46 bits per heavy atom. The highest BCUT2D eigenvalue weighted by Crippen LogP contribution is 2.49. The van der Waals surface area contributed by atoms with Crippen LogP contribution < -0.4 is 5.32 Å². The predicted molar refractivity (Wildman–Crippen MR) is 95.9 cm³/mol. The highest BCUT2D eigenvalue weighted by atomic mass is 16.2. The van der Waals surface area contributed by atoms with Gasteiger partial charge in [-0.3, -0.25) is 9.59 Å². The van der Waals surface area contributed by atoms with Crippen molar-refractivity contribution < 1.29 is 9.59 Å². The van der Waals surface area contributed by atoms with Gasteiger partial charge in [0.1, 0.15) is 5.41 Å². The molecule has 2 fully saturated rings. The predicted octanol–water partition coefficient (Wildman–Crippen LogP) is 3.81. The number of piperidine rings is 1. The lowest BCUT2D eigenvalue weighted by Gasteiger charge is -2.37. The molecule has 130 valence electrons. The van der Waals surface area contributed by atoms with Gasteiger partial charge >= 0.3 is 0 Å². The van der Waals surface area contributed by atoms with Gasteiger partial charge in [-0.25, -0.2) is 0 Å². The monoisotopic (exact) mass is 328 g/mol. The Bertz CT molecular complexity index is 629. The first-order valence-corrected chi connectivity index (χ1v) is 9.18. The second kappa shape index (κ2) is 6.58. The molecular formula is C20H28N2O2. The highest BCUT2D eigenvalue weighted by Gasteiger charge is 2.58. The molecule has 24 heavy (non-hydrogen) atoms. The quantitative estimate of drug-likeness (QED) is 0.854. The van der Waals surface area contributed by atoms with E-state index in [0.29, 0.717) is 18.9 Å². The van der Waals surface area contributed by atoms with Gasteiger partial charge in [0, 0.05) is 18.3 Å². The molecule has 4 heteroatoms. The smallest absolute Gasteiger partial charge is 0.240 e. The zero-order valence-corrected chi connectivity index (χ0v) is 15.0. The van der Waals surface area contributed by atoms with Crippen molar-refractivity contribution in [2.45, 2.75) is 65.3 Å². The normalized spacial score (nSPS) is 22.1. The van der Waals surface area contributed by atoms with Crippen LogP contribution in [0.2, 0.25) is 0 Å². The summed E-state index contributed by atoms with van der Waals surface area (Å²) in [6.07, 6.45) is 5.63. The fraction of sp³-hybridized carbons (Fsp3) is 0.600. The van der Waals surface area contributed by atoms with Crippen LogP contribution in [0.1, 0.15) is 56.6 Å². The molecular weight excluding hydrogens is 300 g/mol. The minimum Gasteiger partial charge on any atom is -0.339 e. The Balaban J connectivity index is 1.78. The summed E-state index contributed by atoms with van der Waals surface area (Å²) >= 11 is 0. The number of carbonyl (C=O) groups is 2. The van der Waals surface area contributed by atoms with Gasteiger partial charge in [-0.15, -0.1) is 0 Å². The molecule has 2 aliphatic rings. The van der Waals surface area contributed by atoms with Crippen molar-refractivity contribution in [2.75, 3.05) is 11.9 Å². The number of anilines is 1. The first-order valence-electron chi connectivity index (χ1n) is 9.18. The van der Waals surface area contributed by atoms with E-state index in [-0.39, 0.29) is 11.8 Å². The lowest BCUT2D eigenvalue weighted by atomic mass is 9.95. The van der Waals surface area contributed by atoms with E-state index in [0.717, 1.165) is 42.6 Å². The summed E-state index contributed by atoms with van der Waals surface area (Å²) in [5.74, 6) is -0.0666. The van der Waals surface area contributed by atoms with Crippen molar-refractivity contribution in [3.8, 4) is 0 Å². The SMILES string of the molecule is CCC1CCCCN1C(=O)C1(C(=O)Nc2c(C)cccc2C)CC1. The number of aryl methyl sites for hydroxylation is 2. The molecule has 0 spiro atoms. The minimum absolute atomic E-state index is 0.0535. The molecule has 1 N–H and O–H groups in total. The van der Waals surface area contributed by atoms with Crippen molar-refractivity contribution in [1.82, 2.24) is 4.90 Å². The van der Waals surface area contributed by atoms with Crippen LogP contribution in [0.15, 0.2) is 18.2 Å². The van der Waals surface area contributed by atoms with Gasteiger partial charge in [-0.1, -0.05) is 25.1 Å². The zero-order chi connectivity index (χ0) is 17.3. The second-order valence-corrected chi connectivity index (χ2v) is 7.36. The van der Waals surface area contributed by atoms with Crippen molar-refractivity contribution >= 4 is 17.5 Å². The van der Waals surface area contributed by atoms with Gasteiger partial charge in [0.15, 0.2) is 0 Å². The van der Waals surface area contributed by atoms with E-state index in [2.05, 4.69) is 12.2 Å². The van der Waals surface area contributed by atoms with E-state index < -0.39 is 5.41 Å².